The molecule has 0 saturated carbocycles. The number of hydrogen-bond donors (Lipinski definition) is 0. The van der Waals surface area contributed by atoms with Crippen LogP contribution in [-0.2, 0) is 18.9 Å². The molecule has 1 amide bonds. The van der Waals surface area contributed by atoms with Gasteiger partial charge in [-0.2, -0.15) is 0 Å². The molecule has 27 heavy (non-hydrogen) atoms. The van der Waals surface area contributed by atoms with E-state index in [4.69, 9.17) is 18.9 Å². The minimum atomic E-state index is -0.480. The molecule has 3 heterocycles. The minimum absolute atomic E-state index is 0.225. The lowest BCUT2D eigenvalue weighted by Gasteiger charge is -2.29. The number of carbonyl (C=O) groups is 1. The molecule has 0 spiro atoms. The molecule has 3 aliphatic rings. The summed E-state index contributed by atoms with van der Waals surface area (Å²) in [6.45, 7) is 3.81. The molecule has 0 aliphatic carbocycles. The summed E-state index contributed by atoms with van der Waals surface area (Å²) in [6.07, 6.45) is 1.90. The summed E-state index contributed by atoms with van der Waals surface area (Å²) in [5.41, 5.74) is 1.02. The van der Waals surface area contributed by atoms with E-state index in [-0.39, 0.29) is 24.8 Å². The van der Waals surface area contributed by atoms with Crippen molar-refractivity contribution in [1.29, 1.82) is 0 Å². The van der Waals surface area contributed by atoms with Gasteiger partial charge in [0.25, 0.3) is 0 Å². The third kappa shape index (κ3) is 4.34. The van der Waals surface area contributed by atoms with Crippen LogP contribution in [0, 0.1) is 5.82 Å². The van der Waals surface area contributed by atoms with Gasteiger partial charge in [-0.1, -0.05) is 0 Å². The first-order chi connectivity index (χ1) is 13.2. The first kappa shape index (κ1) is 18.5. The van der Waals surface area contributed by atoms with Gasteiger partial charge in [-0.15, -0.1) is 0 Å². The molecule has 2 atom stereocenters. The van der Waals surface area contributed by atoms with Gasteiger partial charge < -0.3 is 23.8 Å². The standard InChI is InChI=1S/C19H25FN2O5/c20-16-11-14(4-5-17(16)21-6-9-24-10-7-21)22-12-15(27-19(22)23)13-26-18-3-1-2-8-25-18/h4-5,11,15,18H,1-3,6-10,12-13H2/t15-,18-/m1/s1. The monoisotopic (exact) mass is 380 g/mol. The maximum absolute atomic E-state index is 14.6. The molecule has 3 saturated heterocycles. The molecule has 0 N–H and O–H groups in total. The molecule has 0 bridgehead atoms. The van der Waals surface area contributed by atoms with Crippen molar-refractivity contribution in [2.75, 3.05) is 55.9 Å². The van der Waals surface area contributed by atoms with Gasteiger partial charge in [-0.05, 0) is 37.5 Å². The van der Waals surface area contributed by atoms with Crippen LogP contribution in [0.15, 0.2) is 18.2 Å². The smallest absolute Gasteiger partial charge is 0.414 e. The molecule has 1 aromatic rings. The van der Waals surface area contributed by atoms with Gasteiger partial charge in [-0.25, -0.2) is 9.18 Å². The fraction of sp³-hybridized carbons (Fsp3) is 0.632. The lowest BCUT2D eigenvalue weighted by Crippen LogP contribution is -2.36. The Kier molecular flexibility index (Phi) is 5.75. The van der Waals surface area contributed by atoms with E-state index in [1.807, 2.05) is 4.90 Å². The van der Waals surface area contributed by atoms with Crippen LogP contribution in [-0.4, -0.2) is 64.5 Å². The van der Waals surface area contributed by atoms with Crippen LogP contribution < -0.4 is 9.80 Å². The number of carbonyl (C=O) groups excluding carboxylic acids is 1. The fourth-order valence-corrected chi connectivity index (χ4v) is 3.60. The molecule has 4 rings (SSSR count). The third-order valence-electron chi connectivity index (χ3n) is 5.07. The highest BCUT2D eigenvalue weighted by atomic mass is 19.1. The summed E-state index contributed by atoms with van der Waals surface area (Å²) in [7, 11) is 0. The number of cyclic esters (lactones) is 1. The largest absolute Gasteiger partial charge is 0.441 e. The Balaban J connectivity index is 1.36. The van der Waals surface area contributed by atoms with E-state index < -0.39 is 6.09 Å². The van der Waals surface area contributed by atoms with Crippen LogP contribution in [0.1, 0.15) is 19.3 Å². The van der Waals surface area contributed by atoms with E-state index in [1.54, 1.807) is 12.1 Å². The number of hydrogen-bond acceptors (Lipinski definition) is 6. The summed E-state index contributed by atoms with van der Waals surface area (Å²) in [5, 5.41) is 0. The highest BCUT2D eigenvalue weighted by Crippen LogP contribution is 2.28. The van der Waals surface area contributed by atoms with Crippen LogP contribution >= 0.6 is 0 Å². The van der Waals surface area contributed by atoms with Gasteiger partial charge in [0.1, 0.15) is 11.9 Å². The fourth-order valence-electron chi connectivity index (χ4n) is 3.60. The predicted molar refractivity (Wildman–Crippen MR) is 96.6 cm³/mol. The number of morpholine rings is 1. The molecule has 3 aliphatic heterocycles. The molecule has 3 fully saturated rings. The van der Waals surface area contributed by atoms with Crippen molar-refractivity contribution in [3.8, 4) is 0 Å². The van der Waals surface area contributed by atoms with Crippen LogP contribution in [0.25, 0.3) is 0 Å². The summed E-state index contributed by atoms with van der Waals surface area (Å²) >= 11 is 0. The van der Waals surface area contributed by atoms with Crippen molar-refractivity contribution >= 4 is 17.5 Å². The Hall–Kier alpha value is -1.90. The van der Waals surface area contributed by atoms with E-state index in [1.165, 1.54) is 11.0 Å². The summed E-state index contributed by atoms with van der Waals surface area (Å²) < 4.78 is 36.5. The highest BCUT2D eigenvalue weighted by molar-refractivity contribution is 5.90. The number of rotatable bonds is 5. The quantitative estimate of drug-likeness (QED) is 0.782. The number of benzene rings is 1. The van der Waals surface area contributed by atoms with Crippen molar-refractivity contribution in [3.05, 3.63) is 24.0 Å². The Bertz CT molecular complexity index is 662. The van der Waals surface area contributed by atoms with Gasteiger partial charge in [0, 0.05) is 19.7 Å². The second kappa shape index (κ2) is 8.41. The maximum Gasteiger partial charge on any atom is 0.414 e. The lowest BCUT2D eigenvalue weighted by atomic mass is 10.2. The summed E-state index contributed by atoms with van der Waals surface area (Å²) in [4.78, 5) is 15.6. The van der Waals surface area contributed by atoms with E-state index in [2.05, 4.69) is 0 Å². The van der Waals surface area contributed by atoms with E-state index in [9.17, 15) is 9.18 Å². The SMILES string of the molecule is O=C1O[C@@H](CO[C@@H]2CCCCO2)CN1c1ccc(N2CCOCC2)c(F)c1. The predicted octanol–water partition coefficient (Wildman–Crippen LogP) is 2.53. The lowest BCUT2D eigenvalue weighted by molar-refractivity contribution is -0.172. The molecule has 7 nitrogen and oxygen atoms in total. The van der Waals surface area contributed by atoms with E-state index >= 15 is 0 Å². The molecule has 8 heteroatoms. The average molecular weight is 380 g/mol. The van der Waals surface area contributed by atoms with Gasteiger partial charge >= 0.3 is 6.09 Å². The topological polar surface area (TPSA) is 60.5 Å². The zero-order chi connectivity index (χ0) is 18.6. The van der Waals surface area contributed by atoms with Crippen molar-refractivity contribution < 1.29 is 28.1 Å². The Morgan fingerprint density at radius 2 is 2.04 bits per heavy atom. The number of halogens is 1. The zero-order valence-electron chi connectivity index (χ0n) is 15.3. The number of anilines is 2. The molecular weight excluding hydrogens is 355 g/mol. The summed E-state index contributed by atoms with van der Waals surface area (Å²) in [6, 6.07) is 4.85. The van der Waals surface area contributed by atoms with Crippen molar-refractivity contribution in [2.24, 2.45) is 0 Å². The van der Waals surface area contributed by atoms with Crippen LogP contribution in [0.4, 0.5) is 20.6 Å². The molecular formula is C19H25FN2O5. The molecule has 148 valence electrons. The van der Waals surface area contributed by atoms with Crippen LogP contribution in [0.5, 0.6) is 0 Å². The number of amides is 1. The normalized spacial score (nSPS) is 26.3. The molecule has 0 aromatic heterocycles. The van der Waals surface area contributed by atoms with Crippen molar-refractivity contribution in [2.45, 2.75) is 31.7 Å². The summed E-state index contributed by atoms with van der Waals surface area (Å²) in [5.74, 6) is -0.350. The van der Waals surface area contributed by atoms with Gasteiger partial charge in [0.2, 0.25) is 0 Å². The zero-order valence-corrected chi connectivity index (χ0v) is 15.3. The second-order valence-electron chi connectivity index (χ2n) is 6.98. The molecule has 1 aromatic carbocycles. The van der Waals surface area contributed by atoms with E-state index in [0.29, 0.717) is 50.8 Å². The molecule has 0 radical (unpaired) electrons. The van der Waals surface area contributed by atoms with E-state index in [0.717, 1.165) is 19.3 Å². The second-order valence-corrected chi connectivity index (χ2v) is 6.98. The number of nitrogens with zero attached hydrogens (tertiary/aromatic N) is 2. The van der Waals surface area contributed by atoms with Gasteiger partial charge in [0.15, 0.2) is 6.29 Å². The first-order valence-electron chi connectivity index (χ1n) is 9.54. The third-order valence-corrected chi connectivity index (χ3v) is 5.07. The number of ether oxygens (including phenoxy) is 4. The van der Waals surface area contributed by atoms with Crippen molar-refractivity contribution in [1.82, 2.24) is 0 Å². The maximum atomic E-state index is 14.6. The highest BCUT2D eigenvalue weighted by Gasteiger charge is 2.34. The first-order valence-corrected chi connectivity index (χ1v) is 9.54. The average Bonchev–Trinajstić information content (AvgIpc) is 3.08. The van der Waals surface area contributed by atoms with Crippen molar-refractivity contribution in [3.63, 3.8) is 0 Å². The Morgan fingerprint density at radius 1 is 1.19 bits per heavy atom. The van der Waals surface area contributed by atoms with Gasteiger partial charge in [0.05, 0.1) is 37.7 Å². The minimum Gasteiger partial charge on any atom is -0.441 e. The Morgan fingerprint density at radius 3 is 2.78 bits per heavy atom. The molecule has 0 unspecified atom stereocenters. The van der Waals surface area contributed by atoms with Crippen LogP contribution in [0.3, 0.4) is 0 Å². The van der Waals surface area contributed by atoms with Crippen LogP contribution in [0.2, 0.25) is 0 Å². The Labute approximate surface area is 157 Å². The van der Waals surface area contributed by atoms with Gasteiger partial charge in [-0.3, -0.25) is 4.90 Å².